The number of carbonyl (C=O) groups excluding carboxylic acids is 2. The number of hydrogen-bond acceptors (Lipinski definition) is 7. The molecule has 0 unspecified atom stereocenters. The quantitative estimate of drug-likeness (QED) is 0.330. The van der Waals surface area contributed by atoms with Crippen molar-refractivity contribution in [1.29, 1.82) is 0 Å². The van der Waals surface area contributed by atoms with Gasteiger partial charge in [0.05, 0.1) is 12.6 Å². The predicted molar refractivity (Wildman–Crippen MR) is 152 cm³/mol. The summed E-state index contributed by atoms with van der Waals surface area (Å²) in [4.78, 5) is 32.7. The number of aryl methyl sites for hydroxylation is 2. The number of alkyl carbamates (subject to hydrolysis) is 1. The molecule has 39 heavy (non-hydrogen) atoms. The predicted octanol–water partition coefficient (Wildman–Crippen LogP) is 6.80. The molecule has 214 valence electrons. The van der Waals surface area contributed by atoms with Gasteiger partial charge in [-0.3, -0.25) is 4.90 Å². The van der Waals surface area contributed by atoms with Crippen molar-refractivity contribution in [2.24, 2.45) is 0 Å². The summed E-state index contributed by atoms with van der Waals surface area (Å²) < 4.78 is 27.4. The highest BCUT2D eigenvalue weighted by atomic mass is 35.5. The molecule has 3 rings (SSSR count). The lowest BCUT2D eigenvalue weighted by Gasteiger charge is -2.27. The van der Waals surface area contributed by atoms with Crippen LogP contribution in [0.4, 0.5) is 19.8 Å². The Bertz CT molecular complexity index is 1330. The Morgan fingerprint density at radius 2 is 1.82 bits per heavy atom. The van der Waals surface area contributed by atoms with Crippen LogP contribution in [0.15, 0.2) is 17.5 Å². The van der Waals surface area contributed by atoms with Crippen LogP contribution in [0.1, 0.15) is 70.2 Å². The average molecular weight is 582 g/mol. The van der Waals surface area contributed by atoms with E-state index in [1.54, 1.807) is 46.1 Å². The maximum Gasteiger partial charge on any atom is 0.416 e. The fraction of sp³-hybridized carbons (Fsp3) is 0.556. The number of fused-ring (bicyclic) bond motifs is 1. The lowest BCUT2D eigenvalue weighted by atomic mass is 9.99. The van der Waals surface area contributed by atoms with Crippen LogP contribution in [0.3, 0.4) is 0 Å². The van der Waals surface area contributed by atoms with Crippen LogP contribution in [-0.2, 0) is 22.4 Å². The molecule has 0 radical (unpaired) electrons. The van der Waals surface area contributed by atoms with E-state index in [0.29, 0.717) is 11.2 Å². The van der Waals surface area contributed by atoms with E-state index in [1.165, 1.54) is 23.2 Å². The Morgan fingerprint density at radius 3 is 2.36 bits per heavy atom. The van der Waals surface area contributed by atoms with E-state index >= 15 is 0 Å². The number of nitrogens with one attached hydrogen (secondary N) is 1. The maximum absolute atomic E-state index is 14.7. The number of halogens is 2. The third-order valence-electron chi connectivity index (χ3n) is 5.81. The van der Waals surface area contributed by atoms with Gasteiger partial charge in [-0.25, -0.2) is 18.5 Å². The van der Waals surface area contributed by atoms with Crippen molar-refractivity contribution in [3.8, 4) is 0 Å². The van der Waals surface area contributed by atoms with Crippen molar-refractivity contribution in [2.45, 2.75) is 98.7 Å². The third-order valence-corrected chi connectivity index (χ3v) is 6.83. The van der Waals surface area contributed by atoms with Gasteiger partial charge < -0.3 is 14.8 Å². The van der Waals surface area contributed by atoms with Crippen LogP contribution in [0, 0.1) is 13.8 Å². The van der Waals surface area contributed by atoms with Crippen LogP contribution in [0.5, 0.6) is 0 Å². The summed E-state index contributed by atoms with van der Waals surface area (Å²) in [6.07, 6.45) is -2.50. The molecule has 0 aliphatic carbocycles. The Hall–Kier alpha value is -2.92. The molecule has 0 bridgehead atoms. The van der Waals surface area contributed by atoms with Gasteiger partial charge >= 0.3 is 12.2 Å². The summed E-state index contributed by atoms with van der Waals surface area (Å²) in [6, 6.07) is 2.95. The van der Waals surface area contributed by atoms with Crippen LogP contribution in [0.25, 0.3) is 5.52 Å². The molecule has 0 saturated heterocycles. The zero-order valence-corrected chi connectivity index (χ0v) is 25.5. The normalized spacial score (nSPS) is 13.7. The highest BCUT2D eigenvalue weighted by molar-refractivity contribution is 7.09. The molecule has 0 aromatic carbocycles. The van der Waals surface area contributed by atoms with Crippen LogP contribution in [0.2, 0.25) is 5.28 Å². The van der Waals surface area contributed by atoms with Gasteiger partial charge in [0, 0.05) is 10.6 Å². The first-order valence-corrected chi connectivity index (χ1v) is 13.9. The smallest absolute Gasteiger partial charge is 0.416 e. The summed E-state index contributed by atoms with van der Waals surface area (Å²) in [6.45, 7) is 15.9. The minimum Gasteiger partial charge on any atom is -0.444 e. The molecule has 9 nitrogen and oxygen atoms in total. The Morgan fingerprint density at radius 1 is 1.18 bits per heavy atom. The Balaban J connectivity index is 2.10. The second kappa shape index (κ2) is 11.7. The van der Waals surface area contributed by atoms with Crippen molar-refractivity contribution in [3.63, 3.8) is 0 Å². The highest BCUT2D eigenvalue weighted by Crippen LogP contribution is 2.33. The first-order chi connectivity index (χ1) is 18.0. The molecule has 2 amide bonds. The monoisotopic (exact) mass is 581 g/mol. The van der Waals surface area contributed by atoms with E-state index in [1.807, 2.05) is 31.4 Å². The SMILES string of the molecule is Cc1c(C[C@@H](NC(=O)OC(C)(C)C)[C@H](C)F)c(C)n2nc(Cl)nc(N(Cc3cccs3)C(=O)OC(C)(C)C)c12. The number of thiophene rings is 1. The molecule has 12 heteroatoms. The third kappa shape index (κ3) is 7.82. The molecule has 3 aromatic rings. The number of carbonyl (C=O) groups is 2. The summed E-state index contributed by atoms with van der Waals surface area (Å²) in [5.41, 5.74) is 1.24. The Kier molecular flexibility index (Phi) is 9.16. The van der Waals surface area contributed by atoms with Gasteiger partial charge in [0.25, 0.3) is 0 Å². The molecule has 0 spiro atoms. The minimum atomic E-state index is -1.37. The van der Waals surface area contributed by atoms with Crippen molar-refractivity contribution in [1.82, 2.24) is 19.9 Å². The van der Waals surface area contributed by atoms with Gasteiger partial charge in [-0.05, 0) is 103 Å². The van der Waals surface area contributed by atoms with E-state index in [2.05, 4.69) is 15.4 Å². The molecule has 0 aliphatic heterocycles. The number of anilines is 1. The second-order valence-electron chi connectivity index (χ2n) is 11.4. The van der Waals surface area contributed by atoms with E-state index in [0.717, 1.165) is 16.0 Å². The summed E-state index contributed by atoms with van der Waals surface area (Å²) in [5, 5.41) is 8.89. The minimum absolute atomic E-state index is 0.0656. The highest BCUT2D eigenvalue weighted by Gasteiger charge is 2.31. The second-order valence-corrected chi connectivity index (χ2v) is 12.8. The largest absolute Gasteiger partial charge is 0.444 e. The summed E-state index contributed by atoms with van der Waals surface area (Å²) in [7, 11) is 0. The van der Waals surface area contributed by atoms with Crippen LogP contribution >= 0.6 is 22.9 Å². The van der Waals surface area contributed by atoms with E-state index < -0.39 is 35.6 Å². The first-order valence-electron chi connectivity index (χ1n) is 12.7. The van der Waals surface area contributed by atoms with Gasteiger partial charge in [-0.2, -0.15) is 4.98 Å². The van der Waals surface area contributed by atoms with Gasteiger partial charge in [-0.1, -0.05) is 6.07 Å². The van der Waals surface area contributed by atoms with Crippen molar-refractivity contribution in [3.05, 3.63) is 44.5 Å². The summed E-state index contributed by atoms with van der Waals surface area (Å²) in [5.74, 6) is 0.273. The lowest BCUT2D eigenvalue weighted by Crippen LogP contribution is -2.44. The fourth-order valence-corrected chi connectivity index (χ4v) is 4.95. The van der Waals surface area contributed by atoms with Gasteiger partial charge in [0.15, 0.2) is 5.82 Å². The number of rotatable bonds is 7. The number of alkyl halides is 1. The van der Waals surface area contributed by atoms with Crippen molar-refractivity contribution >= 4 is 46.5 Å². The first kappa shape index (κ1) is 30.6. The number of aromatic nitrogens is 3. The number of hydrogen-bond donors (Lipinski definition) is 1. The molecule has 0 saturated carbocycles. The Labute approximate surface area is 237 Å². The van der Waals surface area contributed by atoms with Crippen LogP contribution < -0.4 is 10.2 Å². The molecule has 0 fully saturated rings. The zero-order valence-electron chi connectivity index (χ0n) is 23.9. The van der Waals surface area contributed by atoms with Crippen LogP contribution in [-0.4, -0.2) is 50.2 Å². The molecule has 1 N–H and O–H groups in total. The number of ether oxygens (including phenoxy) is 2. The maximum atomic E-state index is 14.7. The van der Waals surface area contributed by atoms with Crippen molar-refractivity contribution < 1.29 is 23.5 Å². The van der Waals surface area contributed by atoms with Crippen molar-refractivity contribution in [2.75, 3.05) is 4.90 Å². The molecule has 0 aliphatic rings. The van der Waals surface area contributed by atoms with Gasteiger partial charge in [0.2, 0.25) is 5.28 Å². The molecule has 2 atom stereocenters. The summed E-state index contributed by atoms with van der Waals surface area (Å²) >= 11 is 7.85. The van der Waals surface area contributed by atoms with E-state index in [4.69, 9.17) is 21.1 Å². The molecule has 3 aromatic heterocycles. The molecular weight excluding hydrogens is 545 g/mol. The standard InChI is InChI=1S/C27H37ClFN5O4S/c1-15-19(13-20(16(2)29)30-24(35)37-26(4,5)6)17(3)34-21(15)22(31-23(28)32-34)33(14-18-11-10-12-39-18)25(36)38-27(7,8)9/h10-12,16,20H,13-14H2,1-9H3,(H,30,35)/t16-,20+/m0/s1. The van der Waals surface area contributed by atoms with E-state index in [-0.39, 0.29) is 24.1 Å². The zero-order chi connectivity index (χ0) is 29.3. The lowest BCUT2D eigenvalue weighted by molar-refractivity contribution is 0.0476. The van der Waals surface area contributed by atoms with Gasteiger partial charge in [0.1, 0.15) is 22.9 Å². The average Bonchev–Trinajstić information content (AvgIpc) is 3.36. The number of nitrogens with zero attached hydrogens (tertiary/aromatic N) is 4. The topological polar surface area (TPSA) is 98.1 Å². The molecular formula is C27H37ClFN5O4S. The van der Waals surface area contributed by atoms with Gasteiger partial charge in [-0.15, -0.1) is 16.4 Å². The fourth-order valence-electron chi connectivity index (χ4n) is 4.10. The number of amides is 2. The van der Waals surface area contributed by atoms with E-state index in [9.17, 15) is 14.0 Å². The molecule has 3 heterocycles.